The first kappa shape index (κ1) is 32.4. The van der Waals surface area contributed by atoms with Crippen molar-refractivity contribution < 1.29 is 13.2 Å². The molecule has 0 saturated heterocycles. The second kappa shape index (κ2) is 19.9. The monoisotopic (exact) mass is 490 g/mol. The molecule has 1 unspecified atom stereocenters. The van der Waals surface area contributed by atoms with E-state index in [4.69, 9.17) is 10.7 Å². The Morgan fingerprint density at radius 2 is 1.52 bits per heavy atom. The zero-order valence-electron chi connectivity index (χ0n) is 20.1. The molecule has 0 heterocycles. The fourth-order valence-corrected chi connectivity index (χ4v) is 3.35. The SMILES string of the molecule is C1CCC1.C=C(C)c1ccccc1C(=O)C(C)CC.CCCCCCS(=O)(=O)Cl.CS. The van der Waals surface area contributed by atoms with Gasteiger partial charge in [-0.25, -0.2) is 8.42 Å². The summed E-state index contributed by atoms with van der Waals surface area (Å²) in [5.74, 6) is 0.427. The number of Topliss-reactive ketones (excluding diaryl/α,β-unsaturated/α-hetero) is 1. The predicted molar refractivity (Wildman–Crippen MR) is 142 cm³/mol. The Morgan fingerprint density at radius 3 is 1.87 bits per heavy atom. The van der Waals surface area contributed by atoms with Gasteiger partial charge in [0.25, 0.3) is 0 Å². The van der Waals surface area contributed by atoms with Crippen LogP contribution in [0, 0.1) is 5.92 Å². The van der Waals surface area contributed by atoms with Gasteiger partial charge in [0.05, 0.1) is 5.75 Å². The van der Waals surface area contributed by atoms with Gasteiger partial charge < -0.3 is 0 Å². The number of rotatable bonds is 9. The first-order valence-corrected chi connectivity index (χ1v) is 14.7. The van der Waals surface area contributed by atoms with Crippen LogP contribution in [-0.4, -0.2) is 26.2 Å². The maximum atomic E-state index is 12.1. The standard InChI is InChI=1S/C14H18O.C6H13ClO2S.C4H8.CH4S/c1-5-11(4)14(15)13-9-7-6-8-12(13)10(2)3;1-2-3-4-5-6-10(7,8)9;1-2-4-3-1;1-2/h6-9,11H,2,5H2,1,3-4H3;2-6H2,1H3;1-4H2;2H,1H3. The van der Waals surface area contributed by atoms with Crippen molar-refractivity contribution in [3.8, 4) is 0 Å². The van der Waals surface area contributed by atoms with Crippen LogP contribution in [0.3, 0.4) is 0 Å². The van der Waals surface area contributed by atoms with Crippen molar-refractivity contribution in [2.75, 3.05) is 12.0 Å². The van der Waals surface area contributed by atoms with Crippen molar-refractivity contribution in [1.29, 1.82) is 0 Å². The van der Waals surface area contributed by atoms with Crippen molar-refractivity contribution in [3.63, 3.8) is 0 Å². The lowest BCUT2D eigenvalue weighted by Gasteiger charge is -2.11. The highest BCUT2D eigenvalue weighted by molar-refractivity contribution is 8.13. The summed E-state index contributed by atoms with van der Waals surface area (Å²) in [4.78, 5) is 12.1. The molecule has 0 N–H and O–H groups in total. The summed E-state index contributed by atoms with van der Waals surface area (Å²) in [7, 11) is 1.75. The number of allylic oxidation sites excluding steroid dienone is 1. The number of hydrogen-bond donors (Lipinski definition) is 1. The van der Waals surface area contributed by atoms with Crippen molar-refractivity contribution >= 4 is 43.7 Å². The molecule has 1 aromatic rings. The number of unbranched alkanes of at least 4 members (excludes halogenated alkanes) is 3. The lowest BCUT2D eigenvalue weighted by molar-refractivity contribution is 0.0927. The Labute approximate surface area is 201 Å². The van der Waals surface area contributed by atoms with Crippen LogP contribution in [0.15, 0.2) is 30.8 Å². The number of hydrogen-bond acceptors (Lipinski definition) is 4. The summed E-state index contributed by atoms with van der Waals surface area (Å²) in [5.41, 5.74) is 2.73. The highest BCUT2D eigenvalue weighted by Gasteiger charge is 2.16. The Bertz CT molecular complexity index is 707. The second-order valence-electron chi connectivity index (χ2n) is 7.72. The molecule has 1 aliphatic carbocycles. The fourth-order valence-electron chi connectivity index (χ4n) is 2.47. The topological polar surface area (TPSA) is 51.2 Å². The van der Waals surface area contributed by atoms with Crippen molar-refractivity contribution in [2.24, 2.45) is 5.92 Å². The van der Waals surface area contributed by atoms with Crippen LogP contribution in [-0.2, 0) is 9.05 Å². The molecule has 3 nitrogen and oxygen atoms in total. The minimum absolute atomic E-state index is 0.0884. The van der Waals surface area contributed by atoms with Crippen molar-refractivity contribution in [2.45, 2.75) is 85.5 Å². The number of thiol groups is 1. The quantitative estimate of drug-likeness (QED) is 0.164. The zero-order valence-corrected chi connectivity index (χ0v) is 22.6. The Hall–Kier alpha value is -0.780. The normalized spacial score (nSPS) is 13.0. The molecule has 31 heavy (non-hydrogen) atoms. The molecule has 0 spiro atoms. The second-order valence-corrected chi connectivity index (χ2v) is 10.6. The molecule has 6 heteroatoms. The van der Waals surface area contributed by atoms with Gasteiger partial charge in [0.2, 0.25) is 9.05 Å². The van der Waals surface area contributed by atoms with Gasteiger partial charge >= 0.3 is 0 Å². The molecule has 0 aliphatic heterocycles. The molecule has 1 fully saturated rings. The maximum Gasteiger partial charge on any atom is 0.232 e. The van der Waals surface area contributed by atoms with E-state index in [2.05, 4.69) is 26.1 Å². The number of benzene rings is 1. The van der Waals surface area contributed by atoms with Crippen LogP contribution < -0.4 is 0 Å². The van der Waals surface area contributed by atoms with Crippen molar-refractivity contribution in [1.82, 2.24) is 0 Å². The molecular formula is C25H43ClO3S2. The highest BCUT2D eigenvalue weighted by Crippen LogP contribution is 2.21. The molecule has 2 rings (SSSR count). The van der Waals surface area contributed by atoms with Gasteiger partial charge in [-0.2, -0.15) is 12.6 Å². The van der Waals surface area contributed by atoms with E-state index in [1.54, 1.807) is 6.26 Å². The number of carbonyl (C=O) groups excluding carboxylic acids is 1. The Morgan fingerprint density at radius 1 is 1.03 bits per heavy atom. The molecule has 1 aromatic carbocycles. The number of ketones is 1. The first-order valence-electron chi connectivity index (χ1n) is 11.3. The summed E-state index contributed by atoms with van der Waals surface area (Å²) < 4.78 is 20.7. The smallest absolute Gasteiger partial charge is 0.232 e. The summed E-state index contributed by atoms with van der Waals surface area (Å²) in [5, 5.41) is 0. The number of halogens is 1. The molecular weight excluding hydrogens is 448 g/mol. The minimum atomic E-state index is -3.23. The average Bonchev–Trinajstić information content (AvgIpc) is 2.70. The third-order valence-corrected chi connectivity index (χ3v) is 6.19. The van der Waals surface area contributed by atoms with E-state index in [9.17, 15) is 13.2 Å². The Kier molecular flexibility index (Phi) is 20.8. The van der Waals surface area contributed by atoms with Crippen molar-refractivity contribution in [3.05, 3.63) is 42.0 Å². The average molecular weight is 491 g/mol. The first-order chi connectivity index (χ1) is 14.6. The zero-order chi connectivity index (χ0) is 24.3. The van der Waals surface area contributed by atoms with Gasteiger partial charge in [-0.05, 0) is 31.6 Å². The van der Waals surface area contributed by atoms with E-state index in [-0.39, 0.29) is 17.5 Å². The minimum Gasteiger partial charge on any atom is -0.294 e. The molecule has 1 atom stereocenters. The largest absolute Gasteiger partial charge is 0.294 e. The maximum absolute atomic E-state index is 12.1. The van der Waals surface area contributed by atoms with Crippen LogP contribution in [0.25, 0.3) is 5.57 Å². The summed E-state index contributed by atoms with van der Waals surface area (Å²) in [6.07, 6.45) is 12.4. The van der Waals surface area contributed by atoms with E-state index < -0.39 is 9.05 Å². The van der Waals surface area contributed by atoms with E-state index in [1.165, 1.54) is 25.7 Å². The predicted octanol–water partition coefficient (Wildman–Crippen LogP) is 8.19. The third-order valence-electron chi connectivity index (χ3n) is 4.95. The summed E-state index contributed by atoms with van der Waals surface area (Å²) >= 11 is 3.53. The molecule has 0 radical (unpaired) electrons. The van der Waals surface area contributed by atoms with Crippen LogP contribution in [0.1, 0.15) is 101 Å². The van der Waals surface area contributed by atoms with Crippen LogP contribution in [0.4, 0.5) is 0 Å². The number of carbonyl (C=O) groups is 1. The lowest BCUT2D eigenvalue weighted by atomic mass is 9.91. The Balaban J connectivity index is 0. The lowest BCUT2D eigenvalue weighted by Crippen LogP contribution is -2.12. The third kappa shape index (κ3) is 17.5. The van der Waals surface area contributed by atoms with Gasteiger partial charge in [0.1, 0.15) is 0 Å². The van der Waals surface area contributed by atoms with Crippen LogP contribution in [0.5, 0.6) is 0 Å². The highest BCUT2D eigenvalue weighted by atomic mass is 35.7. The molecule has 0 bridgehead atoms. The van der Waals surface area contributed by atoms with E-state index >= 15 is 0 Å². The summed E-state index contributed by atoms with van der Waals surface area (Å²) in [6, 6.07) is 7.69. The van der Waals surface area contributed by atoms with Crippen LogP contribution in [0.2, 0.25) is 0 Å². The molecule has 0 aromatic heterocycles. The molecule has 1 saturated carbocycles. The van der Waals surface area contributed by atoms with Crippen LogP contribution >= 0.6 is 23.3 Å². The van der Waals surface area contributed by atoms with E-state index in [1.807, 2.05) is 45.0 Å². The van der Waals surface area contributed by atoms with Gasteiger partial charge in [-0.1, -0.05) is 102 Å². The molecule has 180 valence electrons. The van der Waals surface area contributed by atoms with Gasteiger partial charge in [0, 0.05) is 22.2 Å². The molecule has 0 amide bonds. The van der Waals surface area contributed by atoms with Gasteiger partial charge in [0.15, 0.2) is 5.78 Å². The molecule has 1 aliphatic rings. The van der Waals surface area contributed by atoms with E-state index in [0.717, 1.165) is 42.4 Å². The fraction of sp³-hybridized carbons (Fsp3) is 0.640. The van der Waals surface area contributed by atoms with Gasteiger partial charge in [-0.3, -0.25) is 4.79 Å². The van der Waals surface area contributed by atoms with E-state index in [0.29, 0.717) is 6.42 Å². The van der Waals surface area contributed by atoms with Gasteiger partial charge in [-0.15, -0.1) is 0 Å². The summed E-state index contributed by atoms with van der Waals surface area (Å²) in [6.45, 7) is 11.9.